The van der Waals surface area contributed by atoms with Crippen LogP contribution in [0, 0.1) is 0 Å². The third-order valence-electron chi connectivity index (χ3n) is 1.94. The first-order chi connectivity index (χ1) is 5.77. The highest BCUT2D eigenvalue weighted by atomic mass is 16.1. The van der Waals surface area contributed by atoms with Crippen molar-refractivity contribution in [2.45, 2.75) is 13.8 Å². The molecule has 0 atom stereocenters. The van der Waals surface area contributed by atoms with E-state index in [4.69, 9.17) is 0 Å². The zero-order valence-electron chi connectivity index (χ0n) is 7.37. The maximum Gasteiger partial charge on any atom is 0.150 e. The summed E-state index contributed by atoms with van der Waals surface area (Å²) in [5.74, 6) is 0. The Morgan fingerprint density at radius 2 is 1.83 bits per heavy atom. The molecule has 12 heavy (non-hydrogen) atoms. The summed E-state index contributed by atoms with van der Waals surface area (Å²) in [6.45, 7) is 4.05. The van der Waals surface area contributed by atoms with E-state index in [-0.39, 0.29) is 0 Å². The van der Waals surface area contributed by atoms with Crippen LogP contribution in [0.5, 0.6) is 0 Å². The van der Waals surface area contributed by atoms with Gasteiger partial charge in [-0.25, -0.2) is 0 Å². The zero-order chi connectivity index (χ0) is 8.97. The average Bonchev–Trinajstić information content (AvgIpc) is 2.17. The molecule has 0 aliphatic rings. The van der Waals surface area contributed by atoms with E-state index in [1.165, 1.54) is 11.1 Å². The van der Waals surface area contributed by atoms with Crippen molar-refractivity contribution in [3.05, 3.63) is 41.5 Å². The van der Waals surface area contributed by atoms with Crippen molar-refractivity contribution in [3.8, 4) is 0 Å². The van der Waals surface area contributed by atoms with E-state index in [0.717, 1.165) is 11.8 Å². The van der Waals surface area contributed by atoms with E-state index in [0.29, 0.717) is 0 Å². The number of benzene rings is 1. The molecule has 0 saturated heterocycles. The van der Waals surface area contributed by atoms with Crippen molar-refractivity contribution >= 4 is 11.9 Å². The number of carbonyl (C=O) groups is 1. The molecule has 0 N–H and O–H groups in total. The van der Waals surface area contributed by atoms with Gasteiger partial charge in [-0.2, -0.15) is 0 Å². The molecule has 62 valence electrons. The van der Waals surface area contributed by atoms with E-state index < -0.39 is 0 Å². The van der Waals surface area contributed by atoms with Crippen molar-refractivity contribution in [1.82, 2.24) is 0 Å². The van der Waals surface area contributed by atoms with Crippen molar-refractivity contribution in [2.24, 2.45) is 0 Å². The molecule has 0 radical (unpaired) electrons. The minimum Gasteiger partial charge on any atom is -0.298 e. The number of allylic oxidation sites excluding steroid dienone is 2. The molecular weight excluding hydrogens is 148 g/mol. The number of aldehydes is 1. The maximum absolute atomic E-state index is 10.3. The van der Waals surface area contributed by atoms with Gasteiger partial charge >= 0.3 is 0 Å². The Hall–Kier alpha value is -1.37. The molecule has 0 bridgehead atoms. The molecule has 0 unspecified atom stereocenters. The van der Waals surface area contributed by atoms with Gasteiger partial charge in [-0.3, -0.25) is 4.79 Å². The highest BCUT2D eigenvalue weighted by Gasteiger charge is 1.93. The summed E-state index contributed by atoms with van der Waals surface area (Å²) in [5.41, 5.74) is 3.12. The fraction of sp³-hybridized carbons (Fsp3) is 0.182. The van der Waals surface area contributed by atoms with Gasteiger partial charge in [-0.1, -0.05) is 30.3 Å². The number of hydrogen-bond acceptors (Lipinski definition) is 1. The van der Waals surface area contributed by atoms with Crippen molar-refractivity contribution in [2.75, 3.05) is 0 Å². The highest BCUT2D eigenvalue weighted by molar-refractivity contribution is 5.76. The first-order valence-corrected chi connectivity index (χ1v) is 3.96. The molecule has 1 aromatic rings. The molecule has 1 heteroatoms. The van der Waals surface area contributed by atoms with Crippen LogP contribution in [0.4, 0.5) is 0 Å². The molecular formula is C11H12O. The van der Waals surface area contributed by atoms with Crippen LogP contribution in [-0.2, 0) is 0 Å². The smallest absolute Gasteiger partial charge is 0.150 e. The van der Waals surface area contributed by atoms with Gasteiger partial charge in [-0.05, 0) is 25.0 Å². The minimum atomic E-state index is 0.725. The first kappa shape index (κ1) is 8.72. The summed E-state index contributed by atoms with van der Waals surface area (Å²) >= 11 is 0. The lowest BCUT2D eigenvalue weighted by atomic mass is 10.1. The molecule has 0 aromatic heterocycles. The molecule has 0 aliphatic carbocycles. The molecule has 1 rings (SSSR count). The minimum absolute atomic E-state index is 0.725. The number of hydrogen-bond donors (Lipinski definition) is 0. The van der Waals surface area contributed by atoms with Gasteiger partial charge in [0, 0.05) is 5.56 Å². The van der Waals surface area contributed by atoms with Crippen LogP contribution in [0.25, 0.3) is 5.57 Å². The predicted octanol–water partition coefficient (Wildman–Crippen LogP) is 2.92. The third kappa shape index (κ3) is 1.82. The Morgan fingerprint density at radius 3 is 2.25 bits per heavy atom. The summed E-state index contributed by atoms with van der Waals surface area (Å²) < 4.78 is 0. The van der Waals surface area contributed by atoms with Crippen LogP contribution < -0.4 is 0 Å². The van der Waals surface area contributed by atoms with E-state index in [1.807, 2.05) is 31.2 Å². The van der Waals surface area contributed by atoms with Gasteiger partial charge in [0.1, 0.15) is 6.29 Å². The van der Waals surface area contributed by atoms with Gasteiger partial charge in [0.2, 0.25) is 0 Å². The largest absolute Gasteiger partial charge is 0.298 e. The van der Waals surface area contributed by atoms with Crippen LogP contribution in [0.3, 0.4) is 0 Å². The summed E-state index contributed by atoms with van der Waals surface area (Å²) in [6.07, 6.45) is 2.91. The predicted molar refractivity (Wildman–Crippen MR) is 51.2 cm³/mol. The molecule has 1 nitrogen and oxygen atoms in total. The first-order valence-electron chi connectivity index (χ1n) is 3.96. The van der Waals surface area contributed by atoms with E-state index in [1.54, 1.807) is 0 Å². The summed E-state index contributed by atoms with van der Waals surface area (Å²) in [6, 6.07) is 7.57. The normalized spacial score (nSPS) is 11.3. The summed E-state index contributed by atoms with van der Waals surface area (Å²) in [5, 5.41) is 0. The van der Waals surface area contributed by atoms with Crippen molar-refractivity contribution < 1.29 is 4.79 Å². The number of rotatable bonds is 2. The fourth-order valence-corrected chi connectivity index (χ4v) is 0.991. The molecule has 0 fully saturated rings. The Bertz CT molecular complexity index is 293. The fourth-order valence-electron chi connectivity index (χ4n) is 0.991. The van der Waals surface area contributed by atoms with E-state index in [9.17, 15) is 4.79 Å². The van der Waals surface area contributed by atoms with E-state index >= 15 is 0 Å². The van der Waals surface area contributed by atoms with Crippen molar-refractivity contribution in [3.63, 3.8) is 0 Å². The molecule has 0 spiro atoms. The topological polar surface area (TPSA) is 17.1 Å². The lowest BCUT2D eigenvalue weighted by molar-refractivity contribution is 0.112. The van der Waals surface area contributed by atoms with Crippen LogP contribution in [0.1, 0.15) is 29.8 Å². The van der Waals surface area contributed by atoms with Crippen LogP contribution >= 0.6 is 0 Å². The van der Waals surface area contributed by atoms with Crippen LogP contribution in [0.15, 0.2) is 30.3 Å². The van der Waals surface area contributed by atoms with Crippen molar-refractivity contribution in [1.29, 1.82) is 0 Å². The Labute approximate surface area is 72.7 Å². The lowest BCUT2D eigenvalue weighted by Crippen LogP contribution is -1.81. The quantitative estimate of drug-likeness (QED) is 0.608. The lowest BCUT2D eigenvalue weighted by Gasteiger charge is -1.99. The average molecular weight is 160 g/mol. The second kappa shape index (κ2) is 3.86. The second-order valence-electron chi connectivity index (χ2n) is 2.71. The Kier molecular flexibility index (Phi) is 2.81. The van der Waals surface area contributed by atoms with Gasteiger partial charge in [0.05, 0.1) is 0 Å². The van der Waals surface area contributed by atoms with E-state index in [2.05, 4.69) is 13.0 Å². The number of carbonyl (C=O) groups excluding carboxylic acids is 1. The van der Waals surface area contributed by atoms with Gasteiger partial charge in [0.25, 0.3) is 0 Å². The molecule has 0 amide bonds. The Balaban J connectivity index is 2.99. The second-order valence-corrected chi connectivity index (χ2v) is 2.71. The maximum atomic E-state index is 10.3. The summed E-state index contributed by atoms with van der Waals surface area (Å²) in [4.78, 5) is 10.3. The van der Waals surface area contributed by atoms with Gasteiger partial charge in [-0.15, -0.1) is 0 Å². The molecule has 0 saturated carbocycles. The van der Waals surface area contributed by atoms with Crippen LogP contribution in [0.2, 0.25) is 0 Å². The zero-order valence-corrected chi connectivity index (χ0v) is 7.37. The molecule has 0 heterocycles. The van der Waals surface area contributed by atoms with Gasteiger partial charge < -0.3 is 0 Å². The SMILES string of the molecule is CC=C(C)c1ccc(C=O)cc1. The van der Waals surface area contributed by atoms with Crippen LogP contribution in [-0.4, -0.2) is 6.29 Å². The van der Waals surface area contributed by atoms with Gasteiger partial charge in [0.15, 0.2) is 0 Å². The Morgan fingerprint density at radius 1 is 1.25 bits per heavy atom. The standard InChI is InChI=1S/C11H12O/c1-3-9(2)11-6-4-10(8-12)5-7-11/h3-8H,1-2H3. The monoisotopic (exact) mass is 160 g/mol. The highest BCUT2D eigenvalue weighted by Crippen LogP contribution is 2.13. The molecule has 0 aliphatic heterocycles. The third-order valence-corrected chi connectivity index (χ3v) is 1.94. The molecule has 1 aromatic carbocycles. The summed E-state index contributed by atoms with van der Waals surface area (Å²) in [7, 11) is 0.